The summed E-state index contributed by atoms with van der Waals surface area (Å²) in [6.07, 6.45) is 3.93. The maximum absolute atomic E-state index is 5.51. The van der Waals surface area contributed by atoms with Crippen LogP contribution in [0.15, 0.2) is 10.8 Å². The molecule has 0 bridgehead atoms. The number of halogens is 1. The van der Waals surface area contributed by atoms with E-state index < -0.39 is 0 Å². The summed E-state index contributed by atoms with van der Waals surface area (Å²) < 4.78 is 6.18. The van der Waals surface area contributed by atoms with Gasteiger partial charge in [0.2, 0.25) is 5.88 Å². The molecule has 1 fully saturated rings. The normalized spacial score (nSPS) is 15.3. The van der Waals surface area contributed by atoms with Gasteiger partial charge in [0, 0.05) is 0 Å². The van der Waals surface area contributed by atoms with Gasteiger partial charge >= 0.3 is 0 Å². The van der Waals surface area contributed by atoms with Crippen molar-refractivity contribution in [1.29, 1.82) is 0 Å². The van der Waals surface area contributed by atoms with Gasteiger partial charge in [-0.15, -0.1) is 0 Å². The zero-order chi connectivity index (χ0) is 9.97. The summed E-state index contributed by atoms with van der Waals surface area (Å²) in [5.74, 6) is 7.04. The highest BCUT2D eigenvalue weighted by Crippen LogP contribution is 2.32. The van der Waals surface area contributed by atoms with E-state index in [9.17, 15) is 0 Å². The van der Waals surface area contributed by atoms with Crippen LogP contribution in [0.2, 0.25) is 0 Å². The number of nitrogens with one attached hydrogen (secondary N) is 1. The minimum absolute atomic E-state index is 0.533. The van der Waals surface area contributed by atoms with Crippen LogP contribution in [0, 0.1) is 5.92 Å². The molecule has 5 nitrogen and oxygen atoms in total. The molecule has 1 aromatic rings. The van der Waals surface area contributed by atoms with Gasteiger partial charge in [-0.25, -0.2) is 15.8 Å². The molecule has 1 aliphatic rings. The predicted molar refractivity (Wildman–Crippen MR) is 55.8 cm³/mol. The number of nitrogen functional groups attached to an aromatic ring is 1. The lowest BCUT2D eigenvalue weighted by atomic mass is 10.5. The van der Waals surface area contributed by atoms with Gasteiger partial charge in [-0.1, -0.05) is 0 Å². The van der Waals surface area contributed by atoms with E-state index in [1.807, 2.05) is 0 Å². The van der Waals surface area contributed by atoms with Gasteiger partial charge in [0.25, 0.3) is 0 Å². The highest BCUT2D eigenvalue weighted by Gasteiger charge is 2.22. The van der Waals surface area contributed by atoms with E-state index in [4.69, 9.17) is 10.6 Å². The molecule has 3 N–H and O–H groups in total. The number of rotatable bonds is 4. The average Bonchev–Trinajstić information content (AvgIpc) is 3.00. The summed E-state index contributed by atoms with van der Waals surface area (Å²) in [4.78, 5) is 7.94. The molecule has 0 atom stereocenters. The number of aromatic nitrogens is 2. The van der Waals surface area contributed by atoms with Crippen LogP contribution in [0.1, 0.15) is 12.8 Å². The maximum atomic E-state index is 5.51. The van der Waals surface area contributed by atoms with Crippen LogP contribution in [-0.4, -0.2) is 16.6 Å². The first-order chi connectivity index (χ1) is 6.81. The van der Waals surface area contributed by atoms with Crippen LogP contribution in [0.5, 0.6) is 5.88 Å². The number of hydrogen-bond donors (Lipinski definition) is 2. The lowest BCUT2D eigenvalue weighted by molar-refractivity contribution is 0.286. The molecule has 1 saturated carbocycles. The topological polar surface area (TPSA) is 73.1 Å². The van der Waals surface area contributed by atoms with Crippen molar-refractivity contribution in [2.75, 3.05) is 12.0 Å². The molecule has 1 aromatic heterocycles. The van der Waals surface area contributed by atoms with E-state index in [0.29, 0.717) is 22.1 Å². The number of anilines is 1. The van der Waals surface area contributed by atoms with Crippen molar-refractivity contribution in [3.63, 3.8) is 0 Å². The molecule has 0 radical (unpaired) electrons. The molecular weight excluding hydrogens is 248 g/mol. The lowest BCUT2D eigenvalue weighted by Gasteiger charge is -2.08. The molecule has 0 aliphatic heterocycles. The molecule has 0 spiro atoms. The molecule has 14 heavy (non-hydrogen) atoms. The van der Waals surface area contributed by atoms with Gasteiger partial charge in [-0.3, -0.25) is 0 Å². The summed E-state index contributed by atoms with van der Waals surface area (Å²) in [7, 11) is 0. The standard InChI is InChI=1S/C8H11BrN4O/c9-6-7(13-10)11-4-12-8(6)14-3-5-1-2-5/h4-5H,1-3,10H2,(H,11,12,13). The fourth-order valence-electron chi connectivity index (χ4n) is 1.04. The average molecular weight is 259 g/mol. The van der Waals surface area contributed by atoms with Gasteiger partial charge in [0.15, 0.2) is 5.82 Å². The largest absolute Gasteiger partial charge is 0.476 e. The highest BCUT2D eigenvalue weighted by atomic mass is 79.9. The molecule has 0 amide bonds. The zero-order valence-corrected chi connectivity index (χ0v) is 9.12. The van der Waals surface area contributed by atoms with Gasteiger partial charge < -0.3 is 10.2 Å². The van der Waals surface area contributed by atoms with Crippen LogP contribution in [0.3, 0.4) is 0 Å². The number of nitrogens with two attached hydrogens (primary N) is 1. The molecule has 76 valence electrons. The summed E-state index contributed by atoms with van der Waals surface area (Å²) in [5.41, 5.74) is 2.46. The van der Waals surface area contributed by atoms with Gasteiger partial charge in [0.1, 0.15) is 10.8 Å². The first-order valence-electron chi connectivity index (χ1n) is 4.41. The van der Waals surface area contributed by atoms with Crippen molar-refractivity contribution < 1.29 is 4.74 Å². The maximum Gasteiger partial charge on any atom is 0.233 e. The molecule has 2 rings (SSSR count). The summed E-state index contributed by atoms with van der Waals surface area (Å²) in [5, 5.41) is 0. The third-order valence-electron chi connectivity index (χ3n) is 2.05. The van der Waals surface area contributed by atoms with Crippen molar-refractivity contribution in [3.8, 4) is 5.88 Å². The number of ether oxygens (including phenoxy) is 1. The van der Waals surface area contributed by atoms with Crippen molar-refractivity contribution in [2.24, 2.45) is 11.8 Å². The molecule has 6 heteroatoms. The smallest absolute Gasteiger partial charge is 0.233 e. The van der Waals surface area contributed by atoms with Crippen LogP contribution in [0.4, 0.5) is 5.82 Å². The van der Waals surface area contributed by atoms with Crippen LogP contribution >= 0.6 is 15.9 Å². The van der Waals surface area contributed by atoms with Crippen molar-refractivity contribution in [3.05, 3.63) is 10.8 Å². The lowest BCUT2D eigenvalue weighted by Crippen LogP contribution is -2.11. The predicted octanol–water partition coefficient (Wildman–Crippen LogP) is 1.31. The van der Waals surface area contributed by atoms with Crippen molar-refractivity contribution in [1.82, 2.24) is 9.97 Å². The Morgan fingerprint density at radius 3 is 3.00 bits per heavy atom. The Bertz CT molecular complexity index is 329. The van der Waals surface area contributed by atoms with E-state index in [1.165, 1.54) is 19.2 Å². The Labute approximate surface area is 90.2 Å². The second-order valence-corrected chi connectivity index (χ2v) is 4.03. The number of hydrazine groups is 1. The minimum atomic E-state index is 0.533. The summed E-state index contributed by atoms with van der Waals surface area (Å²) in [6.45, 7) is 0.722. The summed E-state index contributed by atoms with van der Waals surface area (Å²) >= 11 is 3.32. The highest BCUT2D eigenvalue weighted by molar-refractivity contribution is 9.10. The van der Waals surface area contributed by atoms with E-state index >= 15 is 0 Å². The zero-order valence-electron chi connectivity index (χ0n) is 7.53. The minimum Gasteiger partial charge on any atom is -0.476 e. The Balaban J connectivity index is 2.06. The monoisotopic (exact) mass is 258 g/mol. The van der Waals surface area contributed by atoms with Crippen molar-refractivity contribution >= 4 is 21.7 Å². The first kappa shape index (κ1) is 9.67. The molecule has 0 unspecified atom stereocenters. The third kappa shape index (κ3) is 2.13. The Morgan fingerprint density at radius 1 is 1.57 bits per heavy atom. The second-order valence-electron chi connectivity index (χ2n) is 3.24. The molecular formula is C8H11BrN4O. The Morgan fingerprint density at radius 2 is 2.36 bits per heavy atom. The van der Waals surface area contributed by atoms with E-state index in [2.05, 4.69) is 31.3 Å². The van der Waals surface area contributed by atoms with Crippen LogP contribution in [0.25, 0.3) is 0 Å². The number of hydrogen-bond acceptors (Lipinski definition) is 5. The van der Waals surface area contributed by atoms with Crippen LogP contribution < -0.4 is 16.0 Å². The molecule has 0 aromatic carbocycles. The van der Waals surface area contributed by atoms with Crippen molar-refractivity contribution in [2.45, 2.75) is 12.8 Å². The molecule has 1 heterocycles. The van der Waals surface area contributed by atoms with E-state index in [0.717, 1.165) is 6.61 Å². The van der Waals surface area contributed by atoms with E-state index in [1.54, 1.807) is 0 Å². The second kappa shape index (κ2) is 4.10. The van der Waals surface area contributed by atoms with Crippen LogP contribution in [-0.2, 0) is 0 Å². The Kier molecular flexibility index (Phi) is 2.83. The Hall–Kier alpha value is -0.880. The molecule has 1 aliphatic carbocycles. The van der Waals surface area contributed by atoms with Gasteiger partial charge in [0.05, 0.1) is 6.61 Å². The van der Waals surface area contributed by atoms with E-state index in [-0.39, 0.29) is 0 Å². The van der Waals surface area contributed by atoms with Gasteiger partial charge in [-0.05, 0) is 34.7 Å². The quantitative estimate of drug-likeness (QED) is 0.630. The first-order valence-corrected chi connectivity index (χ1v) is 5.20. The number of nitrogens with zero attached hydrogens (tertiary/aromatic N) is 2. The fourth-order valence-corrected chi connectivity index (χ4v) is 1.47. The van der Waals surface area contributed by atoms with Gasteiger partial charge in [-0.2, -0.15) is 0 Å². The summed E-state index contributed by atoms with van der Waals surface area (Å²) in [6, 6.07) is 0. The fraction of sp³-hybridized carbons (Fsp3) is 0.500. The third-order valence-corrected chi connectivity index (χ3v) is 2.76. The SMILES string of the molecule is NNc1ncnc(OCC2CC2)c1Br. The molecule has 0 saturated heterocycles.